The van der Waals surface area contributed by atoms with Crippen LogP contribution in [0.3, 0.4) is 0 Å². The second kappa shape index (κ2) is 9.54. The lowest BCUT2D eigenvalue weighted by Crippen LogP contribution is -2.35. The number of rotatable bonds is 8. The van der Waals surface area contributed by atoms with E-state index in [1.807, 2.05) is 6.07 Å². The predicted octanol–water partition coefficient (Wildman–Crippen LogP) is 2.48. The molecule has 0 aromatic heterocycles. The topological polar surface area (TPSA) is 83.9 Å². The van der Waals surface area contributed by atoms with Crippen molar-refractivity contribution >= 4 is 17.5 Å². The van der Waals surface area contributed by atoms with Gasteiger partial charge in [0.15, 0.2) is 5.78 Å². The van der Waals surface area contributed by atoms with E-state index in [0.717, 1.165) is 24.2 Å². The maximum atomic E-state index is 14.1. The van der Waals surface area contributed by atoms with Gasteiger partial charge in [-0.3, -0.25) is 14.5 Å². The van der Waals surface area contributed by atoms with Crippen molar-refractivity contribution in [3.63, 3.8) is 0 Å². The van der Waals surface area contributed by atoms with Gasteiger partial charge in [-0.15, -0.1) is 0 Å². The van der Waals surface area contributed by atoms with E-state index in [2.05, 4.69) is 4.90 Å². The van der Waals surface area contributed by atoms with Crippen LogP contribution in [-0.4, -0.2) is 53.8 Å². The van der Waals surface area contributed by atoms with Crippen LogP contribution in [0.5, 0.6) is 0 Å². The van der Waals surface area contributed by atoms with Gasteiger partial charge >= 0.3 is 5.97 Å². The third-order valence-electron chi connectivity index (χ3n) is 4.80. The molecular weight excluding hydrogens is 377 g/mol. The quantitative estimate of drug-likeness (QED) is 0.417. The Kier molecular flexibility index (Phi) is 6.85. The number of carboxylic acid groups (broad SMARTS) is 1. The molecule has 152 valence electrons. The molecule has 1 N–H and O–H groups in total. The van der Waals surface area contributed by atoms with Crippen LogP contribution < -0.4 is 0 Å². The fraction of sp³-hybridized carbons (Fsp3) is 0.318. The SMILES string of the molecule is O=C(O)C(=O)CC(=O)c1cc(Cc2ccccc2F)cc(CN2CCOCC2)c1. The highest BCUT2D eigenvalue weighted by Gasteiger charge is 2.20. The van der Waals surface area contributed by atoms with E-state index in [4.69, 9.17) is 9.84 Å². The Morgan fingerprint density at radius 2 is 1.72 bits per heavy atom. The summed E-state index contributed by atoms with van der Waals surface area (Å²) in [5.74, 6) is -3.67. The number of halogens is 1. The fourth-order valence-electron chi connectivity index (χ4n) is 3.32. The van der Waals surface area contributed by atoms with Gasteiger partial charge in [0, 0.05) is 31.6 Å². The highest BCUT2D eigenvalue weighted by molar-refractivity contribution is 6.37. The largest absolute Gasteiger partial charge is 0.475 e. The second-order valence-corrected chi connectivity index (χ2v) is 7.02. The number of benzene rings is 2. The summed E-state index contributed by atoms with van der Waals surface area (Å²) >= 11 is 0. The molecule has 29 heavy (non-hydrogen) atoms. The molecule has 2 aromatic rings. The van der Waals surface area contributed by atoms with E-state index < -0.39 is 24.0 Å². The molecule has 6 nitrogen and oxygen atoms in total. The molecule has 3 rings (SSSR count). The smallest absolute Gasteiger partial charge is 0.372 e. The third-order valence-corrected chi connectivity index (χ3v) is 4.80. The Labute approximate surface area is 167 Å². The van der Waals surface area contributed by atoms with Gasteiger partial charge in [-0.05, 0) is 34.9 Å². The number of carbonyl (C=O) groups excluding carboxylic acids is 2. The zero-order valence-corrected chi connectivity index (χ0v) is 15.9. The minimum Gasteiger partial charge on any atom is -0.475 e. The average molecular weight is 399 g/mol. The lowest BCUT2D eigenvalue weighted by atomic mass is 9.96. The number of carboxylic acids is 1. The highest BCUT2D eigenvalue weighted by Crippen LogP contribution is 2.19. The van der Waals surface area contributed by atoms with Crippen molar-refractivity contribution in [2.75, 3.05) is 26.3 Å². The molecule has 1 saturated heterocycles. The third kappa shape index (κ3) is 5.79. The Bertz CT molecular complexity index is 921. The number of aliphatic carboxylic acids is 1. The molecule has 1 aliphatic heterocycles. The minimum atomic E-state index is -1.63. The van der Waals surface area contributed by atoms with E-state index in [1.54, 1.807) is 30.3 Å². The molecule has 0 spiro atoms. The molecule has 0 saturated carbocycles. The Hall–Kier alpha value is -2.90. The number of nitrogens with zero attached hydrogens (tertiary/aromatic N) is 1. The highest BCUT2D eigenvalue weighted by atomic mass is 19.1. The Morgan fingerprint density at radius 3 is 2.41 bits per heavy atom. The van der Waals surface area contributed by atoms with Gasteiger partial charge in [0.25, 0.3) is 0 Å². The van der Waals surface area contributed by atoms with Gasteiger partial charge in [-0.1, -0.05) is 24.3 Å². The molecular formula is C22H22FNO5. The van der Waals surface area contributed by atoms with Gasteiger partial charge in [0.05, 0.1) is 19.6 Å². The van der Waals surface area contributed by atoms with Crippen molar-refractivity contribution in [2.45, 2.75) is 19.4 Å². The molecule has 0 radical (unpaired) electrons. The van der Waals surface area contributed by atoms with Crippen LogP contribution in [0.25, 0.3) is 0 Å². The monoisotopic (exact) mass is 399 g/mol. The first-order chi connectivity index (χ1) is 13.9. The van der Waals surface area contributed by atoms with Crippen molar-refractivity contribution < 1.29 is 28.6 Å². The summed E-state index contributed by atoms with van der Waals surface area (Å²) < 4.78 is 19.4. The van der Waals surface area contributed by atoms with Gasteiger partial charge in [0.1, 0.15) is 5.82 Å². The first kappa shape index (κ1) is 20.8. The minimum absolute atomic E-state index is 0.261. The van der Waals surface area contributed by atoms with Crippen LogP contribution in [0.15, 0.2) is 42.5 Å². The number of carbonyl (C=O) groups is 3. The predicted molar refractivity (Wildman–Crippen MR) is 103 cm³/mol. The van der Waals surface area contributed by atoms with Crippen LogP contribution in [0.4, 0.5) is 4.39 Å². The molecule has 2 aromatic carbocycles. The molecule has 7 heteroatoms. The van der Waals surface area contributed by atoms with Crippen LogP contribution in [0, 0.1) is 5.82 Å². The van der Waals surface area contributed by atoms with E-state index in [9.17, 15) is 18.8 Å². The van der Waals surface area contributed by atoms with Gasteiger partial charge in [-0.25, -0.2) is 9.18 Å². The number of Topliss-reactive ketones (excluding diaryl/α,β-unsaturated/α-hetero) is 2. The summed E-state index contributed by atoms with van der Waals surface area (Å²) in [5, 5.41) is 8.77. The zero-order valence-electron chi connectivity index (χ0n) is 15.9. The van der Waals surface area contributed by atoms with Gasteiger partial charge in [-0.2, -0.15) is 0 Å². The maximum Gasteiger partial charge on any atom is 0.372 e. The van der Waals surface area contributed by atoms with Crippen LogP contribution in [0.1, 0.15) is 33.5 Å². The van der Waals surface area contributed by atoms with E-state index in [-0.39, 0.29) is 17.8 Å². The molecule has 0 atom stereocenters. The standard InChI is InChI=1S/C22H22FNO5/c23-19-4-2-1-3-17(19)10-15-9-16(14-24-5-7-29-8-6-24)12-18(11-15)20(25)13-21(26)22(27)28/h1-4,9,11-12H,5-8,10,13-14H2,(H,27,28). The van der Waals surface area contributed by atoms with Crippen LogP contribution >= 0.6 is 0 Å². The number of hydrogen-bond donors (Lipinski definition) is 1. The fourth-order valence-corrected chi connectivity index (χ4v) is 3.32. The summed E-state index contributed by atoms with van der Waals surface area (Å²) in [6, 6.07) is 11.6. The number of ketones is 2. The summed E-state index contributed by atoms with van der Waals surface area (Å²) in [4.78, 5) is 36.9. The summed E-state index contributed by atoms with van der Waals surface area (Å²) in [7, 11) is 0. The lowest BCUT2D eigenvalue weighted by molar-refractivity contribution is -0.148. The maximum absolute atomic E-state index is 14.1. The first-order valence-electron chi connectivity index (χ1n) is 9.38. The normalized spacial score (nSPS) is 14.5. The zero-order chi connectivity index (χ0) is 20.8. The molecule has 0 amide bonds. The van der Waals surface area contributed by atoms with Crippen molar-refractivity contribution in [3.8, 4) is 0 Å². The lowest BCUT2D eigenvalue weighted by Gasteiger charge is -2.27. The van der Waals surface area contributed by atoms with Crippen molar-refractivity contribution in [1.82, 2.24) is 4.90 Å². The van der Waals surface area contributed by atoms with E-state index in [1.165, 1.54) is 6.07 Å². The van der Waals surface area contributed by atoms with Crippen LogP contribution in [-0.2, 0) is 27.3 Å². The Morgan fingerprint density at radius 1 is 1.03 bits per heavy atom. The van der Waals surface area contributed by atoms with Gasteiger partial charge < -0.3 is 9.84 Å². The molecule has 1 aliphatic rings. The molecule has 1 heterocycles. The summed E-state index contributed by atoms with van der Waals surface area (Å²) in [6.07, 6.45) is -0.410. The van der Waals surface area contributed by atoms with E-state index >= 15 is 0 Å². The van der Waals surface area contributed by atoms with Crippen molar-refractivity contribution in [2.24, 2.45) is 0 Å². The number of hydrogen-bond acceptors (Lipinski definition) is 5. The van der Waals surface area contributed by atoms with E-state index in [0.29, 0.717) is 25.3 Å². The van der Waals surface area contributed by atoms with Crippen LogP contribution in [0.2, 0.25) is 0 Å². The number of morpholine rings is 1. The Balaban J connectivity index is 1.88. The molecule has 0 aliphatic carbocycles. The summed E-state index contributed by atoms with van der Waals surface area (Å²) in [5.41, 5.74) is 2.34. The molecule has 0 bridgehead atoms. The first-order valence-corrected chi connectivity index (χ1v) is 9.38. The van der Waals surface area contributed by atoms with Crippen molar-refractivity contribution in [1.29, 1.82) is 0 Å². The van der Waals surface area contributed by atoms with Crippen molar-refractivity contribution in [3.05, 3.63) is 70.5 Å². The average Bonchev–Trinajstić information content (AvgIpc) is 2.70. The number of ether oxygens (including phenoxy) is 1. The summed E-state index contributed by atoms with van der Waals surface area (Å²) in [6.45, 7) is 3.37. The molecule has 1 fully saturated rings. The second-order valence-electron chi connectivity index (χ2n) is 7.02. The van der Waals surface area contributed by atoms with Gasteiger partial charge in [0.2, 0.25) is 5.78 Å². The molecule has 0 unspecified atom stereocenters.